The van der Waals surface area contributed by atoms with E-state index in [2.05, 4.69) is 5.32 Å². The van der Waals surface area contributed by atoms with Crippen LogP contribution < -0.4 is 9.62 Å². The van der Waals surface area contributed by atoms with Crippen LogP contribution in [0.1, 0.15) is 29.3 Å². The predicted octanol–water partition coefficient (Wildman–Crippen LogP) is 3.69. The average molecular weight is 379 g/mol. The Morgan fingerprint density at radius 3 is 2.76 bits per heavy atom. The van der Waals surface area contributed by atoms with Crippen LogP contribution in [0.2, 0.25) is 5.02 Å². The van der Waals surface area contributed by atoms with E-state index >= 15 is 0 Å². The van der Waals surface area contributed by atoms with Crippen molar-refractivity contribution in [2.24, 2.45) is 0 Å². The summed E-state index contributed by atoms with van der Waals surface area (Å²) < 4.78 is 26.1. The molecular weight excluding hydrogens is 360 g/mol. The number of nitrogens with zero attached hydrogens (tertiary/aromatic N) is 1. The first-order valence-electron chi connectivity index (χ1n) is 8.11. The number of amides is 1. The molecule has 0 bridgehead atoms. The van der Waals surface area contributed by atoms with E-state index in [1.165, 1.54) is 4.31 Å². The first-order chi connectivity index (χ1) is 11.9. The van der Waals surface area contributed by atoms with Crippen LogP contribution in [0.5, 0.6) is 0 Å². The largest absolute Gasteiger partial charge is 0.322 e. The second-order valence-electron chi connectivity index (χ2n) is 5.88. The molecule has 2 aromatic rings. The van der Waals surface area contributed by atoms with Crippen LogP contribution >= 0.6 is 11.6 Å². The summed E-state index contributed by atoms with van der Waals surface area (Å²) in [4.78, 5) is 12.4. The summed E-state index contributed by atoms with van der Waals surface area (Å²) in [5.41, 5.74) is 2.63. The lowest BCUT2D eigenvalue weighted by molar-refractivity contribution is 0.102. The standard InChI is InChI=1S/C18H19ClN2O3S/c1-2-25(23,24)21-10-4-6-13-8-9-16(12-17(13)21)20-18(22)14-5-3-7-15(19)11-14/h3,5,7-9,11-12H,2,4,6,10H2,1H3,(H,20,22). The molecule has 0 unspecified atom stereocenters. The van der Waals surface area contributed by atoms with E-state index in [1.54, 1.807) is 43.3 Å². The summed E-state index contributed by atoms with van der Waals surface area (Å²) in [5.74, 6) is -0.242. The van der Waals surface area contributed by atoms with Gasteiger partial charge in [-0.2, -0.15) is 0 Å². The van der Waals surface area contributed by atoms with E-state index in [-0.39, 0.29) is 11.7 Å². The Labute approximate surface area is 152 Å². The number of fused-ring (bicyclic) bond motifs is 1. The van der Waals surface area contributed by atoms with Gasteiger partial charge in [-0.15, -0.1) is 0 Å². The van der Waals surface area contributed by atoms with Crippen molar-refractivity contribution in [2.45, 2.75) is 19.8 Å². The van der Waals surface area contributed by atoms with Crippen molar-refractivity contribution < 1.29 is 13.2 Å². The van der Waals surface area contributed by atoms with Gasteiger partial charge in [0.2, 0.25) is 10.0 Å². The number of hydrogen-bond acceptors (Lipinski definition) is 3. The van der Waals surface area contributed by atoms with Crippen LogP contribution in [0, 0.1) is 0 Å². The zero-order valence-corrected chi connectivity index (χ0v) is 15.4. The van der Waals surface area contributed by atoms with E-state index in [0.717, 1.165) is 18.4 Å². The number of rotatable bonds is 4. The SMILES string of the molecule is CCS(=O)(=O)N1CCCc2ccc(NC(=O)c3cccc(Cl)c3)cc21. The maximum absolute atomic E-state index is 12.4. The molecule has 2 aromatic carbocycles. The van der Waals surface area contributed by atoms with E-state index in [1.807, 2.05) is 6.07 Å². The van der Waals surface area contributed by atoms with Crippen molar-refractivity contribution in [3.8, 4) is 0 Å². The Balaban J connectivity index is 1.90. The average Bonchev–Trinajstić information content (AvgIpc) is 2.61. The highest BCUT2D eigenvalue weighted by Crippen LogP contribution is 2.32. The van der Waals surface area contributed by atoms with E-state index in [9.17, 15) is 13.2 Å². The van der Waals surface area contributed by atoms with E-state index in [0.29, 0.717) is 28.5 Å². The van der Waals surface area contributed by atoms with Crippen molar-refractivity contribution >= 4 is 38.9 Å². The van der Waals surface area contributed by atoms with Gasteiger partial charge < -0.3 is 5.32 Å². The maximum Gasteiger partial charge on any atom is 0.255 e. The van der Waals surface area contributed by atoms with E-state index in [4.69, 9.17) is 11.6 Å². The van der Waals surface area contributed by atoms with Crippen molar-refractivity contribution in [1.82, 2.24) is 0 Å². The minimum atomic E-state index is -3.33. The first kappa shape index (κ1) is 17.8. The van der Waals surface area contributed by atoms with Crippen molar-refractivity contribution in [1.29, 1.82) is 0 Å². The van der Waals surface area contributed by atoms with Crippen LogP contribution in [0.25, 0.3) is 0 Å². The summed E-state index contributed by atoms with van der Waals surface area (Å²) in [6.45, 7) is 2.10. The zero-order valence-electron chi connectivity index (χ0n) is 13.8. The third-order valence-corrected chi connectivity index (χ3v) is 6.22. The number of carbonyl (C=O) groups excluding carboxylic acids is 1. The van der Waals surface area contributed by atoms with Crippen LogP contribution in [-0.2, 0) is 16.4 Å². The highest BCUT2D eigenvalue weighted by molar-refractivity contribution is 7.92. The van der Waals surface area contributed by atoms with Gasteiger partial charge in [0.1, 0.15) is 0 Å². The highest BCUT2D eigenvalue weighted by atomic mass is 35.5. The van der Waals surface area contributed by atoms with Gasteiger partial charge in [-0.25, -0.2) is 8.42 Å². The van der Waals surface area contributed by atoms with Crippen LogP contribution in [-0.4, -0.2) is 26.6 Å². The molecule has 0 saturated carbocycles. The fraction of sp³-hybridized carbons (Fsp3) is 0.278. The molecule has 1 amide bonds. The molecule has 7 heteroatoms. The van der Waals surface area contributed by atoms with Crippen molar-refractivity contribution in [3.05, 3.63) is 58.6 Å². The topological polar surface area (TPSA) is 66.5 Å². The monoisotopic (exact) mass is 378 g/mol. The second kappa shape index (κ2) is 7.06. The smallest absolute Gasteiger partial charge is 0.255 e. The molecule has 0 spiro atoms. The van der Waals surface area contributed by atoms with Crippen LogP contribution in [0.15, 0.2) is 42.5 Å². The number of anilines is 2. The third kappa shape index (κ3) is 3.80. The first-order valence-corrected chi connectivity index (χ1v) is 10.1. The van der Waals surface area contributed by atoms with Gasteiger partial charge in [-0.3, -0.25) is 9.10 Å². The molecule has 0 saturated heterocycles. The minimum absolute atomic E-state index is 0.0472. The zero-order chi connectivity index (χ0) is 18.0. The van der Waals surface area contributed by atoms with Gasteiger partial charge >= 0.3 is 0 Å². The van der Waals surface area contributed by atoms with Gasteiger partial charge in [0.05, 0.1) is 11.4 Å². The van der Waals surface area contributed by atoms with Gasteiger partial charge in [0, 0.05) is 22.8 Å². The molecule has 5 nitrogen and oxygen atoms in total. The molecule has 0 aliphatic carbocycles. The highest BCUT2D eigenvalue weighted by Gasteiger charge is 2.26. The molecular formula is C18H19ClN2O3S. The summed E-state index contributed by atoms with van der Waals surface area (Å²) in [7, 11) is -3.33. The normalized spacial score (nSPS) is 14.1. The molecule has 0 aromatic heterocycles. The Morgan fingerprint density at radius 1 is 1.24 bits per heavy atom. The van der Waals surface area contributed by atoms with Gasteiger partial charge in [-0.05, 0) is 55.7 Å². The second-order valence-corrected chi connectivity index (χ2v) is 8.50. The number of nitrogens with one attached hydrogen (secondary N) is 1. The molecule has 1 aliphatic heterocycles. The summed E-state index contributed by atoms with van der Waals surface area (Å²) in [6, 6.07) is 12.1. The number of sulfonamides is 1. The Kier molecular flexibility index (Phi) is 5.01. The Bertz CT molecular complexity index is 912. The fourth-order valence-corrected chi connectivity index (χ4v) is 4.28. The summed E-state index contributed by atoms with van der Waals surface area (Å²) in [5, 5.41) is 3.29. The van der Waals surface area contributed by atoms with Crippen molar-refractivity contribution in [2.75, 3.05) is 21.9 Å². The number of aryl methyl sites for hydroxylation is 1. The van der Waals surface area contributed by atoms with Gasteiger partial charge in [0.25, 0.3) is 5.91 Å². The Morgan fingerprint density at radius 2 is 2.04 bits per heavy atom. The lowest BCUT2D eigenvalue weighted by atomic mass is 10.0. The molecule has 0 radical (unpaired) electrons. The van der Waals surface area contributed by atoms with Gasteiger partial charge in [-0.1, -0.05) is 23.7 Å². The molecule has 132 valence electrons. The number of carbonyl (C=O) groups is 1. The van der Waals surface area contributed by atoms with Crippen LogP contribution in [0.4, 0.5) is 11.4 Å². The lowest BCUT2D eigenvalue weighted by Crippen LogP contribution is -2.36. The van der Waals surface area contributed by atoms with Gasteiger partial charge in [0.15, 0.2) is 0 Å². The number of hydrogen-bond donors (Lipinski definition) is 1. The van der Waals surface area contributed by atoms with E-state index < -0.39 is 10.0 Å². The fourth-order valence-electron chi connectivity index (χ4n) is 2.90. The molecule has 1 aliphatic rings. The molecule has 0 atom stereocenters. The molecule has 3 rings (SSSR count). The minimum Gasteiger partial charge on any atom is -0.322 e. The Hall–Kier alpha value is -2.05. The summed E-state index contributed by atoms with van der Waals surface area (Å²) in [6.07, 6.45) is 1.62. The summed E-state index contributed by atoms with van der Waals surface area (Å²) >= 11 is 5.92. The van der Waals surface area contributed by atoms with Crippen molar-refractivity contribution in [3.63, 3.8) is 0 Å². The number of halogens is 1. The lowest BCUT2D eigenvalue weighted by Gasteiger charge is -2.30. The maximum atomic E-state index is 12.4. The number of benzene rings is 2. The molecule has 1 N–H and O–H groups in total. The molecule has 0 fully saturated rings. The third-order valence-electron chi connectivity index (χ3n) is 4.21. The molecule has 1 heterocycles. The molecule has 25 heavy (non-hydrogen) atoms. The van der Waals surface area contributed by atoms with Crippen LogP contribution in [0.3, 0.4) is 0 Å². The predicted molar refractivity (Wildman–Crippen MR) is 101 cm³/mol. The quantitative estimate of drug-likeness (QED) is 0.882.